The molecule has 0 radical (unpaired) electrons. The van der Waals surface area contributed by atoms with E-state index < -0.39 is 0 Å². The fourth-order valence-electron chi connectivity index (χ4n) is 0.760. The van der Waals surface area contributed by atoms with Gasteiger partial charge in [-0.1, -0.05) is 20.8 Å². The van der Waals surface area contributed by atoms with Crippen molar-refractivity contribution >= 4 is 34.1 Å². The molecule has 11 heavy (non-hydrogen) atoms. The summed E-state index contributed by atoms with van der Waals surface area (Å²) in [6, 6.07) is 0. The normalized spacial score (nSPS) is 12.0. The Balaban J connectivity index is 2.65. The Labute approximate surface area is 84.7 Å². The lowest BCUT2D eigenvalue weighted by Gasteiger charge is -2.14. The van der Waals surface area contributed by atoms with Gasteiger partial charge in [0.15, 0.2) is 0 Å². The second-order valence-electron chi connectivity index (χ2n) is 3.69. The van der Waals surface area contributed by atoms with E-state index in [2.05, 4.69) is 52.7 Å². The third-order valence-electron chi connectivity index (χ3n) is 1.12. The van der Waals surface area contributed by atoms with Gasteiger partial charge in [-0.15, -0.1) is 0 Å². The second-order valence-corrected chi connectivity index (χ2v) is 5.50. The highest BCUT2D eigenvalue weighted by molar-refractivity contribution is 14.1. The van der Waals surface area contributed by atoms with Gasteiger partial charge < -0.3 is 0 Å². The summed E-state index contributed by atoms with van der Waals surface area (Å²) in [7, 11) is 0. The van der Waals surface area contributed by atoms with Crippen LogP contribution < -0.4 is 0 Å². The molecule has 4 heteroatoms. The van der Waals surface area contributed by atoms with Crippen molar-refractivity contribution in [3.63, 3.8) is 0 Å². The van der Waals surface area contributed by atoms with Gasteiger partial charge in [-0.2, -0.15) is 4.37 Å². The molecule has 0 N–H and O–H groups in total. The number of halogens is 1. The van der Waals surface area contributed by atoms with Crippen LogP contribution in [0.15, 0.2) is 0 Å². The molecule has 0 saturated carbocycles. The number of nitrogens with zero attached hydrogens (tertiary/aromatic N) is 2. The maximum Gasteiger partial charge on any atom is 0.203 e. The highest BCUT2D eigenvalue weighted by Crippen LogP contribution is 2.21. The van der Waals surface area contributed by atoms with E-state index in [-0.39, 0.29) is 0 Å². The van der Waals surface area contributed by atoms with Crippen molar-refractivity contribution in [1.29, 1.82) is 0 Å². The molecule has 0 fully saturated rings. The third kappa shape index (κ3) is 3.46. The van der Waals surface area contributed by atoms with Crippen molar-refractivity contribution in [2.45, 2.75) is 27.2 Å². The van der Waals surface area contributed by atoms with Gasteiger partial charge in [0, 0.05) is 29.0 Å². The Kier molecular flexibility index (Phi) is 2.85. The Hall–Kier alpha value is 0.290. The molecule has 0 atom stereocenters. The van der Waals surface area contributed by atoms with Crippen molar-refractivity contribution in [1.82, 2.24) is 9.36 Å². The lowest BCUT2D eigenvalue weighted by Crippen LogP contribution is -2.08. The van der Waals surface area contributed by atoms with Gasteiger partial charge in [-0.25, -0.2) is 4.98 Å². The van der Waals surface area contributed by atoms with Gasteiger partial charge in [0.1, 0.15) is 5.01 Å². The molecule has 0 aromatic carbocycles. The first-order valence-corrected chi connectivity index (χ1v) is 5.31. The molecule has 0 aliphatic heterocycles. The van der Waals surface area contributed by atoms with Crippen LogP contribution in [0.2, 0.25) is 0 Å². The summed E-state index contributed by atoms with van der Waals surface area (Å²) in [5.74, 6) is 0. The van der Waals surface area contributed by atoms with Crippen molar-refractivity contribution in [3.8, 4) is 0 Å². The molecule has 1 aromatic heterocycles. The van der Waals surface area contributed by atoms with Gasteiger partial charge in [0.2, 0.25) is 3.83 Å². The molecule has 62 valence electrons. The lowest BCUT2D eigenvalue weighted by molar-refractivity contribution is 0.410. The molecule has 1 rings (SSSR count). The first kappa shape index (κ1) is 9.38. The van der Waals surface area contributed by atoms with E-state index in [0.29, 0.717) is 5.41 Å². The molecular formula is C7H11IN2S. The number of hydrogen-bond donors (Lipinski definition) is 0. The Bertz CT molecular complexity index is 239. The predicted octanol–water partition coefficient (Wildman–Crippen LogP) is 2.73. The number of rotatable bonds is 1. The topological polar surface area (TPSA) is 25.8 Å². The van der Waals surface area contributed by atoms with Crippen LogP contribution in [0, 0.1) is 9.25 Å². The zero-order valence-electron chi connectivity index (χ0n) is 6.89. The first-order valence-electron chi connectivity index (χ1n) is 3.45. The minimum atomic E-state index is 0.322. The van der Waals surface area contributed by atoms with Crippen LogP contribution in [0.25, 0.3) is 0 Å². The molecule has 0 saturated heterocycles. The molecule has 0 bridgehead atoms. The first-order chi connectivity index (χ1) is 4.97. The van der Waals surface area contributed by atoms with Gasteiger partial charge in [0.05, 0.1) is 0 Å². The van der Waals surface area contributed by atoms with Gasteiger partial charge in [-0.3, -0.25) is 0 Å². The van der Waals surface area contributed by atoms with Crippen molar-refractivity contribution in [3.05, 3.63) is 8.84 Å². The minimum Gasteiger partial charge on any atom is -0.215 e. The van der Waals surface area contributed by atoms with Crippen LogP contribution in [-0.2, 0) is 6.42 Å². The molecule has 0 aliphatic carbocycles. The van der Waals surface area contributed by atoms with Crippen LogP contribution in [0.1, 0.15) is 25.8 Å². The van der Waals surface area contributed by atoms with E-state index in [1.54, 1.807) is 0 Å². The molecule has 1 aromatic rings. The third-order valence-corrected chi connectivity index (χ3v) is 2.65. The van der Waals surface area contributed by atoms with E-state index in [0.717, 1.165) is 15.3 Å². The Morgan fingerprint density at radius 2 is 2.09 bits per heavy atom. The van der Waals surface area contributed by atoms with Crippen LogP contribution in [0.4, 0.5) is 0 Å². The lowest BCUT2D eigenvalue weighted by atomic mass is 9.93. The molecule has 0 amide bonds. The van der Waals surface area contributed by atoms with Crippen molar-refractivity contribution in [2.75, 3.05) is 0 Å². The summed E-state index contributed by atoms with van der Waals surface area (Å²) in [4.78, 5) is 4.29. The number of aromatic nitrogens is 2. The molecule has 1 heterocycles. The summed E-state index contributed by atoms with van der Waals surface area (Å²) >= 11 is 3.65. The summed E-state index contributed by atoms with van der Waals surface area (Å²) in [6.07, 6.45) is 1.02. The van der Waals surface area contributed by atoms with E-state index in [4.69, 9.17) is 0 Å². The van der Waals surface area contributed by atoms with Gasteiger partial charge in [0.25, 0.3) is 0 Å². The molecule has 0 spiro atoms. The van der Waals surface area contributed by atoms with E-state index in [1.165, 1.54) is 11.5 Å². The quantitative estimate of drug-likeness (QED) is 0.740. The van der Waals surface area contributed by atoms with Crippen LogP contribution in [0.5, 0.6) is 0 Å². The second kappa shape index (κ2) is 3.35. The monoisotopic (exact) mass is 282 g/mol. The van der Waals surface area contributed by atoms with Crippen molar-refractivity contribution < 1.29 is 0 Å². The maximum absolute atomic E-state index is 4.29. The summed E-state index contributed by atoms with van der Waals surface area (Å²) in [5.41, 5.74) is 0.322. The molecule has 2 nitrogen and oxygen atoms in total. The largest absolute Gasteiger partial charge is 0.215 e. The van der Waals surface area contributed by atoms with E-state index in [1.807, 2.05) is 0 Å². The highest BCUT2D eigenvalue weighted by Gasteiger charge is 2.13. The fraction of sp³-hybridized carbons (Fsp3) is 0.714. The molecular weight excluding hydrogens is 271 g/mol. The Morgan fingerprint density at radius 1 is 1.45 bits per heavy atom. The zero-order chi connectivity index (χ0) is 8.48. The molecule has 0 unspecified atom stereocenters. The van der Waals surface area contributed by atoms with E-state index >= 15 is 0 Å². The molecule has 0 aliphatic rings. The number of hydrogen-bond acceptors (Lipinski definition) is 3. The van der Waals surface area contributed by atoms with Gasteiger partial charge >= 0.3 is 0 Å². The summed E-state index contributed by atoms with van der Waals surface area (Å²) < 4.78 is 4.99. The average Bonchev–Trinajstić information content (AvgIpc) is 2.10. The van der Waals surface area contributed by atoms with Gasteiger partial charge in [-0.05, 0) is 16.9 Å². The van der Waals surface area contributed by atoms with E-state index in [9.17, 15) is 0 Å². The fourth-order valence-corrected chi connectivity index (χ4v) is 2.36. The van der Waals surface area contributed by atoms with Crippen LogP contribution in [-0.4, -0.2) is 9.36 Å². The summed E-state index contributed by atoms with van der Waals surface area (Å²) in [5, 5.41) is 1.14. The Morgan fingerprint density at radius 3 is 2.45 bits per heavy atom. The van der Waals surface area contributed by atoms with Crippen LogP contribution in [0.3, 0.4) is 0 Å². The van der Waals surface area contributed by atoms with Crippen LogP contribution >= 0.6 is 34.1 Å². The predicted molar refractivity (Wildman–Crippen MR) is 55.8 cm³/mol. The zero-order valence-corrected chi connectivity index (χ0v) is 9.86. The average molecular weight is 282 g/mol. The SMILES string of the molecule is CC(C)(C)Cc1nc(I)ns1. The minimum absolute atomic E-state index is 0.322. The highest BCUT2D eigenvalue weighted by atomic mass is 127. The standard InChI is InChI=1S/C7H11IN2S/c1-7(2,3)4-5-9-6(8)10-11-5/h4H2,1-3H3. The van der Waals surface area contributed by atoms with Crippen molar-refractivity contribution in [2.24, 2.45) is 5.41 Å². The maximum atomic E-state index is 4.29. The summed E-state index contributed by atoms with van der Waals surface area (Å²) in [6.45, 7) is 6.63. The smallest absolute Gasteiger partial charge is 0.203 e.